The molecule has 4 heterocycles. The van der Waals surface area contributed by atoms with Crippen molar-refractivity contribution in [2.75, 3.05) is 18.0 Å². The van der Waals surface area contributed by atoms with E-state index in [1.54, 1.807) is 29.9 Å². The SMILES string of the molecule is CC.Cc1nc2nc(N3C[C@@H](C)O[C@@H](c4ccc(=O)n(C)c4)C3)nc(C3=C=C(C#N)C3)c2nc1C. The highest BCUT2D eigenvalue weighted by molar-refractivity contribution is 5.88. The molecule has 0 unspecified atom stereocenters. The second kappa shape index (κ2) is 9.79. The van der Waals surface area contributed by atoms with Gasteiger partial charge in [0.1, 0.15) is 23.4 Å². The fourth-order valence-corrected chi connectivity index (χ4v) is 4.11. The summed E-state index contributed by atoms with van der Waals surface area (Å²) in [5, 5.41) is 9.14. The number of hydrogen-bond donors (Lipinski definition) is 0. The lowest BCUT2D eigenvalue weighted by atomic mass is 9.95. The molecule has 1 fully saturated rings. The minimum Gasteiger partial charge on any atom is -0.367 e. The molecule has 3 aromatic rings. The van der Waals surface area contributed by atoms with Crippen molar-refractivity contribution in [1.29, 1.82) is 5.26 Å². The first-order valence-corrected chi connectivity index (χ1v) is 11.8. The van der Waals surface area contributed by atoms with Crippen LogP contribution in [0.3, 0.4) is 0 Å². The molecule has 0 N–H and O–H groups in total. The van der Waals surface area contributed by atoms with E-state index in [2.05, 4.69) is 21.7 Å². The second-order valence-electron chi connectivity index (χ2n) is 8.56. The van der Waals surface area contributed by atoms with Crippen molar-refractivity contribution in [1.82, 2.24) is 24.5 Å². The van der Waals surface area contributed by atoms with E-state index in [0.717, 1.165) is 22.5 Å². The van der Waals surface area contributed by atoms with Gasteiger partial charge in [0.2, 0.25) is 11.5 Å². The molecule has 180 valence electrons. The van der Waals surface area contributed by atoms with Gasteiger partial charge in [0.25, 0.3) is 0 Å². The minimum absolute atomic E-state index is 0.0650. The molecular weight excluding hydrogens is 442 g/mol. The van der Waals surface area contributed by atoms with E-state index in [-0.39, 0.29) is 17.8 Å². The zero-order chi connectivity index (χ0) is 25.3. The number of hydrogen-bond acceptors (Lipinski definition) is 8. The predicted octanol–water partition coefficient (Wildman–Crippen LogP) is 3.56. The van der Waals surface area contributed by atoms with Crippen LogP contribution in [-0.2, 0) is 11.8 Å². The van der Waals surface area contributed by atoms with Gasteiger partial charge in [-0.05, 0) is 32.4 Å². The normalized spacial score (nSPS) is 19.2. The van der Waals surface area contributed by atoms with Crippen LogP contribution in [0.5, 0.6) is 0 Å². The molecule has 0 saturated carbocycles. The molecule has 1 aliphatic heterocycles. The molecule has 0 radical (unpaired) electrons. The Hall–Kier alpha value is -3.86. The Labute approximate surface area is 204 Å². The van der Waals surface area contributed by atoms with E-state index in [1.165, 1.54) is 0 Å². The molecule has 0 amide bonds. The molecule has 35 heavy (non-hydrogen) atoms. The number of anilines is 1. The highest BCUT2D eigenvalue weighted by atomic mass is 16.5. The van der Waals surface area contributed by atoms with Crippen LogP contribution in [0, 0.1) is 25.2 Å². The molecule has 2 atom stereocenters. The fraction of sp³-hybridized carbons (Fsp3) is 0.423. The van der Waals surface area contributed by atoms with Crippen molar-refractivity contribution >= 4 is 22.7 Å². The molecule has 3 aromatic heterocycles. The van der Waals surface area contributed by atoms with Gasteiger partial charge in [0.15, 0.2) is 5.65 Å². The number of allylic oxidation sites excluding steroid dienone is 1. The number of nitrogens with zero attached hydrogens (tertiary/aromatic N) is 7. The van der Waals surface area contributed by atoms with Crippen LogP contribution in [0.15, 0.2) is 34.4 Å². The van der Waals surface area contributed by atoms with Gasteiger partial charge in [0.05, 0.1) is 29.6 Å². The highest BCUT2D eigenvalue weighted by Crippen LogP contribution is 2.33. The Kier molecular flexibility index (Phi) is 6.79. The Balaban J connectivity index is 0.00000141. The number of fused-ring (bicyclic) bond motifs is 1. The maximum Gasteiger partial charge on any atom is 0.250 e. The number of rotatable bonds is 3. The topological polar surface area (TPSA) is 110 Å². The molecule has 2 aliphatic rings. The summed E-state index contributed by atoms with van der Waals surface area (Å²) in [6, 6.07) is 5.50. The summed E-state index contributed by atoms with van der Waals surface area (Å²) in [5.74, 6) is 0.541. The third-order valence-corrected chi connectivity index (χ3v) is 6.03. The van der Waals surface area contributed by atoms with E-state index in [4.69, 9.17) is 25.0 Å². The zero-order valence-corrected chi connectivity index (χ0v) is 21.0. The number of nitriles is 1. The van der Waals surface area contributed by atoms with Gasteiger partial charge in [-0.1, -0.05) is 19.6 Å². The number of morpholine rings is 1. The summed E-state index contributed by atoms with van der Waals surface area (Å²) in [4.78, 5) is 32.9. The van der Waals surface area contributed by atoms with Gasteiger partial charge in [-0.15, -0.1) is 0 Å². The zero-order valence-electron chi connectivity index (χ0n) is 21.0. The van der Waals surface area contributed by atoms with Crippen molar-refractivity contribution in [3.05, 3.63) is 62.6 Å². The van der Waals surface area contributed by atoms with Crippen molar-refractivity contribution in [2.24, 2.45) is 7.05 Å². The molecule has 1 saturated heterocycles. The Morgan fingerprint density at radius 3 is 2.51 bits per heavy atom. The van der Waals surface area contributed by atoms with Crippen LogP contribution in [0.2, 0.25) is 0 Å². The smallest absolute Gasteiger partial charge is 0.250 e. The van der Waals surface area contributed by atoms with Crippen LogP contribution < -0.4 is 10.5 Å². The third kappa shape index (κ3) is 4.72. The molecular formula is C26H29N7O2. The van der Waals surface area contributed by atoms with Crippen LogP contribution in [0.1, 0.15) is 55.9 Å². The van der Waals surface area contributed by atoms with Crippen LogP contribution in [0.4, 0.5) is 5.95 Å². The molecule has 5 rings (SSSR count). The Morgan fingerprint density at radius 1 is 1.11 bits per heavy atom. The van der Waals surface area contributed by atoms with Gasteiger partial charge in [0, 0.05) is 37.8 Å². The van der Waals surface area contributed by atoms with Gasteiger partial charge in [-0.3, -0.25) is 4.79 Å². The summed E-state index contributed by atoms with van der Waals surface area (Å²) >= 11 is 0. The predicted molar refractivity (Wildman–Crippen MR) is 134 cm³/mol. The molecule has 9 nitrogen and oxygen atoms in total. The summed E-state index contributed by atoms with van der Waals surface area (Å²) in [7, 11) is 1.73. The van der Waals surface area contributed by atoms with Crippen molar-refractivity contribution in [3.63, 3.8) is 0 Å². The second-order valence-corrected chi connectivity index (χ2v) is 8.56. The van der Waals surface area contributed by atoms with E-state index < -0.39 is 0 Å². The third-order valence-electron chi connectivity index (χ3n) is 6.03. The monoisotopic (exact) mass is 471 g/mol. The van der Waals surface area contributed by atoms with Crippen LogP contribution in [-0.4, -0.2) is 43.7 Å². The van der Waals surface area contributed by atoms with E-state index >= 15 is 0 Å². The standard InChI is InChI=1S/C24H23N7O2.C2H6/c1-13-10-31(12-19(33-13)17-5-6-20(32)30(4)11-17)24-28-21(18-7-16(8-18)9-25)22-23(29-24)27-15(3)14(2)26-22;1-2/h5-6,11,13,19H,7,10,12H2,1-4H3;1-2H3/t13-,19-;/m1./s1. The molecule has 0 aromatic carbocycles. The van der Waals surface area contributed by atoms with Gasteiger partial charge in [-0.25, -0.2) is 15.0 Å². The molecule has 0 bridgehead atoms. The largest absolute Gasteiger partial charge is 0.367 e. The van der Waals surface area contributed by atoms with Crippen molar-refractivity contribution in [2.45, 2.75) is 53.2 Å². The Bertz CT molecular complexity index is 1460. The first kappa shape index (κ1) is 24.3. The van der Waals surface area contributed by atoms with Crippen molar-refractivity contribution < 1.29 is 4.74 Å². The summed E-state index contributed by atoms with van der Waals surface area (Å²) in [6.45, 7) is 11.0. The van der Waals surface area contributed by atoms with E-state index in [9.17, 15) is 4.79 Å². The van der Waals surface area contributed by atoms with E-state index in [1.807, 2.05) is 34.6 Å². The lowest BCUT2D eigenvalue weighted by Crippen LogP contribution is -2.44. The van der Waals surface area contributed by atoms with E-state index in [0.29, 0.717) is 47.9 Å². The Morgan fingerprint density at radius 2 is 1.83 bits per heavy atom. The lowest BCUT2D eigenvalue weighted by molar-refractivity contribution is -0.0181. The highest BCUT2D eigenvalue weighted by Gasteiger charge is 2.30. The molecule has 9 heteroatoms. The van der Waals surface area contributed by atoms with Crippen LogP contribution >= 0.6 is 0 Å². The average Bonchev–Trinajstić information content (AvgIpc) is 2.82. The maximum atomic E-state index is 11.8. The number of aromatic nitrogens is 5. The first-order valence-electron chi connectivity index (χ1n) is 11.8. The number of ether oxygens (including phenoxy) is 1. The van der Waals surface area contributed by atoms with Gasteiger partial charge in [-0.2, -0.15) is 10.2 Å². The molecule has 0 spiro atoms. The van der Waals surface area contributed by atoms with Crippen LogP contribution in [0.25, 0.3) is 16.7 Å². The average molecular weight is 472 g/mol. The summed E-state index contributed by atoms with van der Waals surface area (Å²) in [5.41, 5.74) is 8.84. The first-order chi connectivity index (χ1) is 16.8. The fourth-order valence-electron chi connectivity index (χ4n) is 4.11. The van der Waals surface area contributed by atoms with Gasteiger partial charge < -0.3 is 14.2 Å². The quantitative estimate of drug-likeness (QED) is 0.533. The lowest BCUT2D eigenvalue weighted by Gasteiger charge is -2.37. The minimum atomic E-state index is -0.234. The maximum absolute atomic E-state index is 11.8. The summed E-state index contributed by atoms with van der Waals surface area (Å²) < 4.78 is 7.73. The summed E-state index contributed by atoms with van der Waals surface area (Å²) in [6.07, 6.45) is 2.02. The van der Waals surface area contributed by atoms with Gasteiger partial charge >= 0.3 is 0 Å². The van der Waals surface area contributed by atoms with Crippen molar-refractivity contribution in [3.8, 4) is 6.07 Å². The molecule has 1 aliphatic carbocycles. The number of aryl methyl sites for hydroxylation is 3. The number of pyridine rings is 1.